The number of nitrogens with one attached hydrogen (secondary N) is 1. The molecule has 0 spiro atoms. The van der Waals surface area contributed by atoms with Gasteiger partial charge in [-0.25, -0.2) is 8.42 Å². The zero-order valence-corrected chi connectivity index (χ0v) is 9.35. The summed E-state index contributed by atoms with van der Waals surface area (Å²) in [6, 6.07) is 0. The first-order valence-corrected chi connectivity index (χ1v) is 6.35. The van der Waals surface area contributed by atoms with E-state index in [9.17, 15) is 8.42 Å². The largest absolute Gasteiger partial charge is 0.280 e. The number of halogens is 1. The van der Waals surface area contributed by atoms with Crippen molar-refractivity contribution in [3.8, 4) is 0 Å². The van der Waals surface area contributed by atoms with Gasteiger partial charge >= 0.3 is 0 Å². The standard InChI is InChI=1S/C7H12ClN3O2S/c1-2-11-6-7(5-9-11)10-14(12,13)4-3-8/h5-6,10H,2-4H2,1H3. The van der Waals surface area contributed by atoms with Crippen LogP contribution in [-0.4, -0.2) is 29.8 Å². The minimum Gasteiger partial charge on any atom is -0.280 e. The van der Waals surface area contributed by atoms with Crippen LogP contribution in [0.1, 0.15) is 6.92 Å². The fourth-order valence-corrected chi connectivity index (χ4v) is 2.30. The number of alkyl halides is 1. The van der Waals surface area contributed by atoms with Crippen molar-refractivity contribution in [1.82, 2.24) is 9.78 Å². The summed E-state index contributed by atoms with van der Waals surface area (Å²) in [6.07, 6.45) is 3.10. The number of hydrogen-bond donors (Lipinski definition) is 1. The molecule has 0 unspecified atom stereocenters. The molecule has 1 heterocycles. The van der Waals surface area contributed by atoms with E-state index < -0.39 is 10.0 Å². The lowest BCUT2D eigenvalue weighted by Gasteiger charge is -2.02. The Hall–Kier alpha value is -0.750. The molecule has 1 aromatic rings. The van der Waals surface area contributed by atoms with Gasteiger partial charge in [0, 0.05) is 18.6 Å². The maximum absolute atomic E-state index is 11.3. The highest BCUT2D eigenvalue weighted by molar-refractivity contribution is 7.92. The molecular formula is C7H12ClN3O2S. The summed E-state index contributed by atoms with van der Waals surface area (Å²) < 4.78 is 26.5. The summed E-state index contributed by atoms with van der Waals surface area (Å²) in [5.41, 5.74) is 0.469. The van der Waals surface area contributed by atoms with Gasteiger partial charge in [-0.1, -0.05) is 0 Å². The smallest absolute Gasteiger partial charge is 0.234 e. The van der Waals surface area contributed by atoms with E-state index in [1.54, 1.807) is 10.9 Å². The monoisotopic (exact) mass is 237 g/mol. The maximum atomic E-state index is 11.3. The van der Waals surface area contributed by atoms with E-state index in [-0.39, 0.29) is 11.6 Å². The molecule has 0 aliphatic rings. The third-order valence-corrected chi connectivity index (χ3v) is 3.28. The number of hydrogen-bond acceptors (Lipinski definition) is 3. The van der Waals surface area contributed by atoms with Crippen LogP contribution < -0.4 is 4.72 Å². The Morgan fingerprint density at radius 1 is 1.64 bits per heavy atom. The first kappa shape index (κ1) is 11.3. The van der Waals surface area contributed by atoms with Gasteiger partial charge in [-0.05, 0) is 6.92 Å². The van der Waals surface area contributed by atoms with Crippen LogP contribution in [0.25, 0.3) is 0 Å². The van der Waals surface area contributed by atoms with Crippen molar-refractivity contribution in [2.24, 2.45) is 0 Å². The van der Waals surface area contributed by atoms with Crippen molar-refractivity contribution in [2.45, 2.75) is 13.5 Å². The Morgan fingerprint density at radius 3 is 2.86 bits per heavy atom. The van der Waals surface area contributed by atoms with E-state index in [0.717, 1.165) is 0 Å². The van der Waals surface area contributed by atoms with Crippen LogP contribution in [0.4, 0.5) is 5.69 Å². The molecule has 0 saturated heterocycles. The molecule has 0 atom stereocenters. The lowest BCUT2D eigenvalue weighted by Crippen LogP contribution is -2.17. The lowest BCUT2D eigenvalue weighted by atomic mass is 10.6. The van der Waals surface area contributed by atoms with E-state index in [1.807, 2.05) is 6.92 Å². The van der Waals surface area contributed by atoms with E-state index >= 15 is 0 Å². The predicted octanol–water partition coefficient (Wildman–Crippen LogP) is 0.883. The number of aromatic nitrogens is 2. The van der Waals surface area contributed by atoms with Crippen LogP contribution >= 0.6 is 11.6 Å². The molecule has 80 valence electrons. The number of sulfonamides is 1. The lowest BCUT2D eigenvalue weighted by molar-refractivity contribution is 0.602. The van der Waals surface area contributed by atoms with Crippen molar-refractivity contribution < 1.29 is 8.42 Å². The number of anilines is 1. The van der Waals surface area contributed by atoms with E-state index in [4.69, 9.17) is 11.6 Å². The molecule has 14 heavy (non-hydrogen) atoms. The van der Waals surface area contributed by atoms with Crippen LogP contribution in [-0.2, 0) is 16.6 Å². The second kappa shape index (κ2) is 4.65. The molecule has 5 nitrogen and oxygen atoms in total. The summed E-state index contributed by atoms with van der Waals surface area (Å²) >= 11 is 5.34. The molecule has 1 N–H and O–H groups in total. The number of nitrogens with zero attached hydrogens (tertiary/aromatic N) is 2. The highest BCUT2D eigenvalue weighted by Crippen LogP contribution is 2.07. The quantitative estimate of drug-likeness (QED) is 0.774. The number of aryl methyl sites for hydroxylation is 1. The Labute approximate surface area is 88.1 Å². The summed E-state index contributed by atoms with van der Waals surface area (Å²) in [6.45, 7) is 2.63. The van der Waals surface area contributed by atoms with Gasteiger partial charge in [-0.2, -0.15) is 5.10 Å². The first-order chi connectivity index (χ1) is 6.57. The van der Waals surface area contributed by atoms with Gasteiger partial charge in [0.25, 0.3) is 0 Å². The highest BCUT2D eigenvalue weighted by Gasteiger charge is 2.09. The summed E-state index contributed by atoms with van der Waals surface area (Å²) in [4.78, 5) is 0. The van der Waals surface area contributed by atoms with Crippen molar-refractivity contribution in [3.05, 3.63) is 12.4 Å². The maximum Gasteiger partial charge on any atom is 0.234 e. The van der Waals surface area contributed by atoms with E-state index in [0.29, 0.717) is 12.2 Å². The first-order valence-electron chi connectivity index (χ1n) is 4.16. The highest BCUT2D eigenvalue weighted by atomic mass is 35.5. The summed E-state index contributed by atoms with van der Waals surface area (Å²) in [7, 11) is -3.31. The third kappa shape index (κ3) is 3.19. The van der Waals surface area contributed by atoms with Crippen molar-refractivity contribution in [1.29, 1.82) is 0 Å². The molecule has 0 amide bonds. The van der Waals surface area contributed by atoms with Crippen LogP contribution in [0.3, 0.4) is 0 Å². The molecule has 0 aliphatic heterocycles. The predicted molar refractivity (Wildman–Crippen MR) is 56.0 cm³/mol. The van der Waals surface area contributed by atoms with Crippen molar-refractivity contribution in [3.63, 3.8) is 0 Å². The van der Waals surface area contributed by atoms with Crippen LogP contribution in [0, 0.1) is 0 Å². The van der Waals surface area contributed by atoms with Gasteiger partial charge in [-0.3, -0.25) is 9.40 Å². The fraction of sp³-hybridized carbons (Fsp3) is 0.571. The van der Waals surface area contributed by atoms with Gasteiger partial charge in [0.1, 0.15) is 0 Å². The second-order valence-corrected chi connectivity index (χ2v) is 4.91. The minimum atomic E-state index is -3.31. The summed E-state index contributed by atoms with van der Waals surface area (Å²) in [5.74, 6) is -0.0108. The van der Waals surface area contributed by atoms with E-state index in [2.05, 4.69) is 9.82 Å². The van der Waals surface area contributed by atoms with Gasteiger partial charge in [0.2, 0.25) is 10.0 Å². The SMILES string of the molecule is CCn1cc(NS(=O)(=O)CCCl)cn1. The van der Waals surface area contributed by atoms with Crippen molar-refractivity contribution in [2.75, 3.05) is 16.4 Å². The minimum absolute atomic E-state index is 0.0806. The second-order valence-electron chi connectivity index (χ2n) is 2.69. The molecule has 0 fully saturated rings. The average Bonchev–Trinajstić information content (AvgIpc) is 2.51. The zero-order valence-electron chi connectivity index (χ0n) is 7.77. The summed E-state index contributed by atoms with van der Waals surface area (Å²) in [5, 5.41) is 3.94. The normalized spacial score (nSPS) is 11.6. The van der Waals surface area contributed by atoms with Crippen molar-refractivity contribution >= 4 is 27.3 Å². The Bertz CT molecular complexity index is 387. The topological polar surface area (TPSA) is 64.0 Å². The van der Waals surface area contributed by atoms with Crippen LogP contribution in [0.15, 0.2) is 12.4 Å². The van der Waals surface area contributed by atoms with Gasteiger partial charge in [0.15, 0.2) is 0 Å². The average molecular weight is 238 g/mol. The molecule has 0 aliphatic carbocycles. The van der Waals surface area contributed by atoms with Crippen LogP contribution in [0.5, 0.6) is 0 Å². The zero-order chi connectivity index (χ0) is 10.6. The molecule has 1 aromatic heterocycles. The number of rotatable bonds is 5. The van der Waals surface area contributed by atoms with E-state index in [1.165, 1.54) is 6.20 Å². The van der Waals surface area contributed by atoms with Crippen LogP contribution in [0.2, 0.25) is 0 Å². The molecule has 0 radical (unpaired) electrons. The Kier molecular flexibility index (Phi) is 3.77. The molecule has 1 rings (SSSR count). The molecule has 0 bridgehead atoms. The fourth-order valence-electron chi connectivity index (χ4n) is 0.921. The molecule has 0 aromatic carbocycles. The molecule has 7 heteroatoms. The Morgan fingerprint density at radius 2 is 2.36 bits per heavy atom. The van der Waals surface area contributed by atoms with Gasteiger partial charge in [-0.15, -0.1) is 11.6 Å². The Balaban J connectivity index is 2.69. The third-order valence-electron chi connectivity index (χ3n) is 1.58. The van der Waals surface area contributed by atoms with Gasteiger partial charge < -0.3 is 0 Å². The van der Waals surface area contributed by atoms with Gasteiger partial charge in [0.05, 0.1) is 17.6 Å². The molecular weight excluding hydrogens is 226 g/mol. The molecule has 0 saturated carbocycles.